The molecule has 10 heteroatoms. The topological polar surface area (TPSA) is 96.0 Å². The molecule has 1 unspecified atom stereocenters. The van der Waals surface area contributed by atoms with Gasteiger partial charge in [0.2, 0.25) is 10.0 Å². The van der Waals surface area contributed by atoms with E-state index < -0.39 is 32.5 Å². The fourth-order valence-corrected chi connectivity index (χ4v) is 7.22. The second-order valence-corrected chi connectivity index (χ2v) is 12.2. The maximum Gasteiger partial charge on any atom is 0.410 e. The number of rotatable bonds is 8. The normalized spacial score (nSPS) is 19.1. The average molecular weight is 484 g/mol. The van der Waals surface area contributed by atoms with Crippen LogP contribution >= 0.6 is 0 Å². The van der Waals surface area contributed by atoms with Crippen LogP contribution in [0.15, 0.2) is 40.6 Å². The number of nitrogens with one attached hydrogen (secondary N) is 1. The van der Waals surface area contributed by atoms with Crippen molar-refractivity contribution in [1.29, 1.82) is 0 Å². The highest BCUT2D eigenvalue weighted by Crippen LogP contribution is 2.36. The molecule has 0 radical (unpaired) electrons. The Hall–Kier alpha value is -1.91. The number of amides is 1. The number of hydrogen-bond donors (Lipinski definition) is 1. The maximum atomic E-state index is 13.1. The standard InChI is InChI=1S/C22H33N3O5S2/c1-5-14-24-16-31(27)20-18(24)11-8-12-19(20)32(28,29)23-13-15-25(17-9-6-7-10-17)21(26)30-22(2,3)4/h5,8,11-12,17,23H,1,6-7,9-10,13-16H2,2-4H3. The molecule has 0 saturated heterocycles. The highest BCUT2D eigenvalue weighted by Gasteiger charge is 2.33. The minimum Gasteiger partial charge on any atom is -0.444 e. The van der Waals surface area contributed by atoms with E-state index in [2.05, 4.69) is 11.3 Å². The fraction of sp³-hybridized carbons (Fsp3) is 0.591. The summed E-state index contributed by atoms with van der Waals surface area (Å²) in [5.74, 6) is 0.238. The van der Waals surface area contributed by atoms with E-state index in [9.17, 15) is 17.4 Å². The lowest BCUT2D eigenvalue weighted by molar-refractivity contribution is 0.0170. The predicted molar refractivity (Wildman–Crippen MR) is 126 cm³/mol. The Bertz CT molecular complexity index is 982. The van der Waals surface area contributed by atoms with Gasteiger partial charge in [0.05, 0.1) is 27.3 Å². The minimum absolute atomic E-state index is 0.0181. The van der Waals surface area contributed by atoms with Gasteiger partial charge in [-0.3, -0.25) is 4.21 Å². The van der Waals surface area contributed by atoms with E-state index in [0.29, 0.717) is 17.1 Å². The Morgan fingerprint density at radius 1 is 1.34 bits per heavy atom. The largest absolute Gasteiger partial charge is 0.444 e. The van der Waals surface area contributed by atoms with Gasteiger partial charge in [0, 0.05) is 25.7 Å². The highest BCUT2D eigenvalue weighted by molar-refractivity contribution is 7.91. The van der Waals surface area contributed by atoms with Crippen molar-refractivity contribution in [3.63, 3.8) is 0 Å². The SMILES string of the molecule is C=CCN1CS(=O)c2c1cccc2S(=O)(=O)NCCN(C(=O)OC(C)(C)C)C1CCCC1. The van der Waals surface area contributed by atoms with E-state index in [1.165, 1.54) is 6.07 Å². The summed E-state index contributed by atoms with van der Waals surface area (Å²) in [6, 6.07) is 4.94. The zero-order chi connectivity index (χ0) is 23.5. The van der Waals surface area contributed by atoms with Crippen LogP contribution in [-0.2, 0) is 25.6 Å². The van der Waals surface area contributed by atoms with Crippen molar-refractivity contribution in [1.82, 2.24) is 9.62 Å². The van der Waals surface area contributed by atoms with E-state index in [1.807, 2.05) is 25.7 Å². The quantitative estimate of drug-likeness (QED) is 0.571. The van der Waals surface area contributed by atoms with Crippen molar-refractivity contribution in [3.05, 3.63) is 30.9 Å². The molecule has 2 aliphatic rings. The lowest BCUT2D eigenvalue weighted by Gasteiger charge is -2.31. The number of carbonyl (C=O) groups is 1. The third kappa shape index (κ3) is 5.71. The molecule has 1 aliphatic carbocycles. The molecule has 1 aromatic rings. The van der Waals surface area contributed by atoms with E-state index in [1.54, 1.807) is 23.1 Å². The lowest BCUT2D eigenvalue weighted by Crippen LogP contribution is -2.46. The third-order valence-corrected chi connectivity index (χ3v) is 8.54. The zero-order valence-corrected chi connectivity index (χ0v) is 20.6. The zero-order valence-electron chi connectivity index (χ0n) is 19.0. The first kappa shape index (κ1) is 24.7. The molecule has 1 fully saturated rings. The Morgan fingerprint density at radius 2 is 2.03 bits per heavy atom. The summed E-state index contributed by atoms with van der Waals surface area (Å²) in [4.78, 5) is 16.6. The third-order valence-electron chi connectivity index (χ3n) is 5.48. The number of nitrogens with zero attached hydrogens (tertiary/aromatic N) is 2. The summed E-state index contributed by atoms with van der Waals surface area (Å²) < 4.78 is 47.0. The molecule has 1 amide bonds. The van der Waals surface area contributed by atoms with Crippen LogP contribution in [0.4, 0.5) is 10.5 Å². The maximum absolute atomic E-state index is 13.1. The lowest BCUT2D eigenvalue weighted by atomic mass is 10.2. The van der Waals surface area contributed by atoms with Crippen molar-refractivity contribution in [2.24, 2.45) is 0 Å². The monoisotopic (exact) mass is 483 g/mol. The number of ether oxygens (including phenoxy) is 1. The van der Waals surface area contributed by atoms with E-state index in [0.717, 1.165) is 25.7 Å². The smallest absolute Gasteiger partial charge is 0.410 e. The van der Waals surface area contributed by atoms with Gasteiger partial charge in [-0.25, -0.2) is 17.9 Å². The van der Waals surface area contributed by atoms with Crippen LogP contribution in [-0.4, -0.2) is 60.8 Å². The van der Waals surface area contributed by atoms with Gasteiger partial charge in [-0.2, -0.15) is 0 Å². The van der Waals surface area contributed by atoms with E-state index in [-0.39, 0.29) is 29.9 Å². The summed E-state index contributed by atoms with van der Waals surface area (Å²) in [7, 11) is -5.36. The number of hydrogen-bond acceptors (Lipinski definition) is 6. The first-order valence-electron chi connectivity index (χ1n) is 10.9. The van der Waals surface area contributed by atoms with Gasteiger partial charge in [-0.15, -0.1) is 6.58 Å². The minimum atomic E-state index is -3.91. The molecule has 1 saturated carbocycles. The van der Waals surface area contributed by atoms with Crippen molar-refractivity contribution in [2.45, 2.75) is 67.9 Å². The first-order chi connectivity index (χ1) is 15.0. The molecule has 1 aliphatic heterocycles. The van der Waals surface area contributed by atoms with Crippen LogP contribution in [0.3, 0.4) is 0 Å². The number of anilines is 1. The van der Waals surface area contributed by atoms with Crippen molar-refractivity contribution in [2.75, 3.05) is 30.4 Å². The van der Waals surface area contributed by atoms with Crippen LogP contribution in [0.2, 0.25) is 0 Å². The van der Waals surface area contributed by atoms with E-state index >= 15 is 0 Å². The Kier molecular flexibility index (Phi) is 7.67. The van der Waals surface area contributed by atoms with Crippen LogP contribution in [0.1, 0.15) is 46.5 Å². The average Bonchev–Trinajstić information content (AvgIpc) is 3.33. The van der Waals surface area contributed by atoms with Crippen molar-refractivity contribution < 1.29 is 22.2 Å². The highest BCUT2D eigenvalue weighted by atomic mass is 32.2. The molecular formula is C22H33N3O5S2. The number of sulfonamides is 1. The molecule has 3 rings (SSSR count). The molecule has 8 nitrogen and oxygen atoms in total. The summed E-state index contributed by atoms with van der Waals surface area (Å²) in [6.45, 7) is 9.88. The predicted octanol–water partition coefficient (Wildman–Crippen LogP) is 3.22. The van der Waals surface area contributed by atoms with Crippen molar-refractivity contribution >= 4 is 32.6 Å². The second-order valence-electron chi connectivity index (χ2n) is 9.10. The van der Waals surface area contributed by atoms with Gasteiger partial charge < -0.3 is 14.5 Å². The van der Waals surface area contributed by atoms with Gasteiger partial charge in [0.1, 0.15) is 10.5 Å². The number of carbonyl (C=O) groups excluding carboxylic acids is 1. The van der Waals surface area contributed by atoms with Gasteiger partial charge in [-0.05, 0) is 45.7 Å². The van der Waals surface area contributed by atoms with Crippen molar-refractivity contribution in [3.8, 4) is 0 Å². The molecule has 0 bridgehead atoms. The fourth-order valence-electron chi connectivity index (χ4n) is 4.11. The molecule has 0 aromatic heterocycles. The van der Waals surface area contributed by atoms with Gasteiger partial charge in [0.15, 0.2) is 0 Å². The summed E-state index contributed by atoms with van der Waals surface area (Å²) >= 11 is 0. The molecule has 178 valence electrons. The van der Waals surface area contributed by atoms with E-state index in [4.69, 9.17) is 4.74 Å². The molecule has 32 heavy (non-hydrogen) atoms. The van der Waals surface area contributed by atoms with Gasteiger partial charge in [0.25, 0.3) is 0 Å². The second kappa shape index (κ2) is 9.93. The molecule has 1 N–H and O–H groups in total. The number of benzene rings is 1. The Labute approximate surface area is 193 Å². The van der Waals surface area contributed by atoms with Gasteiger partial charge in [-0.1, -0.05) is 25.0 Å². The van der Waals surface area contributed by atoms with Gasteiger partial charge >= 0.3 is 6.09 Å². The Morgan fingerprint density at radius 3 is 2.66 bits per heavy atom. The first-order valence-corrected chi connectivity index (χ1v) is 13.7. The molecule has 1 heterocycles. The van der Waals surface area contributed by atoms with Crippen LogP contribution in [0.5, 0.6) is 0 Å². The molecule has 1 atom stereocenters. The van der Waals surface area contributed by atoms with Crippen LogP contribution in [0, 0.1) is 0 Å². The van der Waals surface area contributed by atoms with Crippen LogP contribution < -0.4 is 9.62 Å². The summed E-state index contributed by atoms with van der Waals surface area (Å²) in [6.07, 6.45) is 5.12. The summed E-state index contributed by atoms with van der Waals surface area (Å²) in [5, 5.41) is 0. The molecule has 0 spiro atoms. The Balaban J connectivity index is 1.74. The molecule has 1 aromatic carbocycles. The molecular weight excluding hydrogens is 450 g/mol. The van der Waals surface area contributed by atoms with Crippen LogP contribution in [0.25, 0.3) is 0 Å². The number of fused-ring (bicyclic) bond motifs is 1. The summed E-state index contributed by atoms with van der Waals surface area (Å²) in [5.41, 5.74) is 0.0202.